The molecule has 3 rings (SSSR count). The zero-order chi connectivity index (χ0) is 14.7. The molecule has 106 valence electrons. The van der Waals surface area contributed by atoms with Gasteiger partial charge in [0.25, 0.3) is 5.91 Å². The van der Waals surface area contributed by atoms with Gasteiger partial charge in [0.15, 0.2) is 0 Å². The first-order valence-corrected chi connectivity index (χ1v) is 7.91. The second-order valence-corrected chi connectivity index (χ2v) is 6.05. The number of nitrogens with one attached hydrogen (secondary N) is 2. The largest absolute Gasteiger partial charge is 0.361 e. The molecule has 0 aliphatic carbocycles. The molecule has 0 fully saturated rings. The van der Waals surface area contributed by atoms with Gasteiger partial charge in [-0.05, 0) is 64.2 Å². The highest BCUT2D eigenvalue weighted by molar-refractivity contribution is 14.1. The Morgan fingerprint density at radius 3 is 2.86 bits per heavy atom. The lowest BCUT2D eigenvalue weighted by molar-refractivity contribution is 0.0953. The summed E-state index contributed by atoms with van der Waals surface area (Å²) in [6.07, 6.45) is 2.76. The number of aromatic amines is 1. The third-order valence-electron chi connectivity index (χ3n) is 3.44. The quantitative estimate of drug-likeness (QED) is 0.655. The summed E-state index contributed by atoms with van der Waals surface area (Å²) in [6, 6.07) is 16.0. The summed E-state index contributed by atoms with van der Waals surface area (Å²) in [5.41, 5.74) is 3.09. The SMILES string of the molecule is O=C(NCCc1ccc2cc[nH]c2c1)c1ccccc1I. The van der Waals surface area contributed by atoms with E-state index in [9.17, 15) is 4.79 Å². The fourth-order valence-corrected chi connectivity index (χ4v) is 2.94. The van der Waals surface area contributed by atoms with Crippen LogP contribution in [0.2, 0.25) is 0 Å². The van der Waals surface area contributed by atoms with Gasteiger partial charge in [-0.25, -0.2) is 0 Å². The number of hydrogen-bond donors (Lipinski definition) is 2. The highest BCUT2D eigenvalue weighted by Crippen LogP contribution is 2.14. The van der Waals surface area contributed by atoms with Gasteiger partial charge in [0, 0.05) is 21.8 Å². The molecule has 0 saturated carbocycles. The van der Waals surface area contributed by atoms with E-state index >= 15 is 0 Å². The summed E-state index contributed by atoms with van der Waals surface area (Å²) < 4.78 is 0.973. The van der Waals surface area contributed by atoms with Crippen LogP contribution in [-0.4, -0.2) is 17.4 Å². The van der Waals surface area contributed by atoms with Crippen molar-refractivity contribution in [2.75, 3.05) is 6.54 Å². The Bertz CT molecular complexity index is 779. The van der Waals surface area contributed by atoms with Crippen LogP contribution in [0.5, 0.6) is 0 Å². The smallest absolute Gasteiger partial charge is 0.252 e. The van der Waals surface area contributed by atoms with Gasteiger partial charge in [0.05, 0.1) is 5.56 Å². The minimum atomic E-state index is -0.0130. The molecular weight excluding hydrogens is 375 g/mol. The minimum absolute atomic E-state index is 0.0130. The number of aromatic nitrogens is 1. The van der Waals surface area contributed by atoms with Crippen molar-refractivity contribution in [3.63, 3.8) is 0 Å². The first kappa shape index (κ1) is 14.1. The van der Waals surface area contributed by atoms with E-state index in [2.05, 4.69) is 57.2 Å². The molecule has 2 aromatic carbocycles. The predicted octanol–water partition coefficient (Wildman–Crippen LogP) is 3.75. The van der Waals surface area contributed by atoms with Crippen molar-refractivity contribution in [3.05, 3.63) is 69.4 Å². The summed E-state index contributed by atoms with van der Waals surface area (Å²) >= 11 is 2.18. The molecule has 0 bridgehead atoms. The predicted molar refractivity (Wildman–Crippen MR) is 93.5 cm³/mol. The molecule has 1 heterocycles. The molecule has 1 amide bonds. The standard InChI is InChI=1S/C17H15IN2O/c18-15-4-2-1-3-14(15)17(21)20-9-7-12-5-6-13-8-10-19-16(13)11-12/h1-6,8,10-11,19H,7,9H2,(H,20,21). The van der Waals surface area contributed by atoms with Crippen LogP contribution in [0.4, 0.5) is 0 Å². The first-order chi connectivity index (χ1) is 10.2. The van der Waals surface area contributed by atoms with Gasteiger partial charge >= 0.3 is 0 Å². The van der Waals surface area contributed by atoms with Gasteiger partial charge in [-0.15, -0.1) is 0 Å². The lowest BCUT2D eigenvalue weighted by Gasteiger charge is -2.07. The van der Waals surface area contributed by atoms with Gasteiger partial charge in [-0.2, -0.15) is 0 Å². The van der Waals surface area contributed by atoms with Crippen molar-refractivity contribution in [1.29, 1.82) is 0 Å². The Morgan fingerprint density at radius 1 is 1.14 bits per heavy atom. The van der Waals surface area contributed by atoms with Gasteiger partial charge in [-0.3, -0.25) is 4.79 Å². The Labute approximate surface area is 136 Å². The van der Waals surface area contributed by atoms with Crippen molar-refractivity contribution in [2.45, 2.75) is 6.42 Å². The van der Waals surface area contributed by atoms with Crippen LogP contribution >= 0.6 is 22.6 Å². The third-order valence-corrected chi connectivity index (χ3v) is 4.38. The van der Waals surface area contributed by atoms with E-state index in [1.807, 2.05) is 30.5 Å². The van der Waals surface area contributed by atoms with Gasteiger partial charge in [0.2, 0.25) is 0 Å². The van der Waals surface area contributed by atoms with Crippen molar-refractivity contribution in [2.24, 2.45) is 0 Å². The maximum Gasteiger partial charge on any atom is 0.252 e. The molecule has 0 spiro atoms. The van der Waals surface area contributed by atoms with Gasteiger partial charge in [0.1, 0.15) is 0 Å². The Morgan fingerprint density at radius 2 is 2.00 bits per heavy atom. The average Bonchev–Trinajstić information content (AvgIpc) is 2.95. The maximum absolute atomic E-state index is 12.1. The second-order valence-electron chi connectivity index (χ2n) is 4.89. The van der Waals surface area contributed by atoms with Crippen molar-refractivity contribution in [1.82, 2.24) is 10.3 Å². The lowest BCUT2D eigenvalue weighted by atomic mass is 10.1. The van der Waals surface area contributed by atoms with Crippen LogP contribution < -0.4 is 5.32 Å². The van der Waals surface area contributed by atoms with E-state index < -0.39 is 0 Å². The van der Waals surface area contributed by atoms with Crippen molar-refractivity contribution in [3.8, 4) is 0 Å². The number of fused-ring (bicyclic) bond motifs is 1. The van der Waals surface area contributed by atoms with E-state index in [1.54, 1.807) is 0 Å². The number of carbonyl (C=O) groups excluding carboxylic acids is 1. The summed E-state index contributed by atoms with van der Waals surface area (Å²) in [5, 5.41) is 4.19. The number of carbonyl (C=O) groups is 1. The van der Waals surface area contributed by atoms with Crippen LogP contribution in [0.15, 0.2) is 54.7 Å². The number of halogens is 1. The molecule has 1 aromatic heterocycles. The summed E-state index contributed by atoms with van der Waals surface area (Å²) in [6.45, 7) is 0.635. The van der Waals surface area contributed by atoms with Crippen LogP contribution in [0.1, 0.15) is 15.9 Å². The van der Waals surface area contributed by atoms with E-state index in [-0.39, 0.29) is 5.91 Å². The topological polar surface area (TPSA) is 44.9 Å². The summed E-state index contributed by atoms with van der Waals surface area (Å²) in [4.78, 5) is 15.3. The summed E-state index contributed by atoms with van der Waals surface area (Å²) in [7, 11) is 0. The van der Waals surface area contributed by atoms with E-state index in [4.69, 9.17) is 0 Å². The van der Waals surface area contributed by atoms with Crippen LogP contribution in [-0.2, 0) is 6.42 Å². The number of rotatable bonds is 4. The van der Waals surface area contributed by atoms with Crippen LogP contribution in [0.3, 0.4) is 0 Å². The molecule has 2 N–H and O–H groups in total. The molecule has 3 aromatic rings. The molecule has 0 unspecified atom stereocenters. The van der Waals surface area contributed by atoms with Crippen molar-refractivity contribution >= 4 is 39.4 Å². The number of hydrogen-bond acceptors (Lipinski definition) is 1. The molecule has 0 saturated heterocycles. The molecule has 3 nitrogen and oxygen atoms in total. The lowest BCUT2D eigenvalue weighted by Crippen LogP contribution is -2.26. The zero-order valence-corrected chi connectivity index (χ0v) is 13.6. The number of amides is 1. The fourth-order valence-electron chi connectivity index (χ4n) is 2.31. The molecule has 21 heavy (non-hydrogen) atoms. The zero-order valence-electron chi connectivity index (χ0n) is 11.4. The molecule has 0 radical (unpaired) electrons. The van der Waals surface area contributed by atoms with E-state index in [0.717, 1.165) is 21.1 Å². The number of H-pyrrole nitrogens is 1. The van der Waals surface area contributed by atoms with Crippen LogP contribution in [0.25, 0.3) is 10.9 Å². The molecule has 0 aliphatic heterocycles. The highest BCUT2D eigenvalue weighted by atomic mass is 127. The summed E-state index contributed by atoms with van der Waals surface area (Å²) in [5.74, 6) is -0.0130. The van der Waals surface area contributed by atoms with Gasteiger partial charge in [-0.1, -0.05) is 24.3 Å². The van der Waals surface area contributed by atoms with Crippen LogP contribution in [0, 0.1) is 3.57 Å². The van der Waals surface area contributed by atoms with Crippen molar-refractivity contribution < 1.29 is 4.79 Å². The Hall–Kier alpha value is -1.82. The molecule has 0 aliphatic rings. The third kappa shape index (κ3) is 3.26. The Kier molecular flexibility index (Phi) is 4.24. The molecular formula is C17H15IN2O. The Balaban J connectivity index is 1.60. The highest BCUT2D eigenvalue weighted by Gasteiger charge is 2.08. The van der Waals surface area contributed by atoms with Gasteiger partial charge < -0.3 is 10.3 Å². The minimum Gasteiger partial charge on any atom is -0.361 e. The monoisotopic (exact) mass is 390 g/mol. The number of benzene rings is 2. The maximum atomic E-state index is 12.1. The van der Waals surface area contributed by atoms with E-state index in [0.29, 0.717) is 6.54 Å². The second kappa shape index (κ2) is 6.30. The average molecular weight is 390 g/mol. The molecule has 4 heteroatoms. The van der Waals surface area contributed by atoms with E-state index in [1.165, 1.54) is 10.9 Å². The fraction of sp³-hybridized carbons (Fsp3) is 0.118. The molecule has 0 atom stereocenters. The normalized spacial score (nSPS) is 10.7. The first-order valence-electron chi connectivity index (χ1n) is 6.83.